The molecule has 0 aliphatic heterocycles. The van der Waals surface area contributed by atoms with Crippen LogP contribution in [0.4, 0.5) is 0 Å². The van der Waals surface area contributed by atoms with E-state index in [1.165, 1.54) is 25.7 Å². The second-order valence-corrected chi connectivity index (χ2v) is 6.46. The van der Waals surface area contributed by atoms with Crippen LogP contribution in [0.15, 0.2) is 18.2 Å². The lowest BCUT2D eigenvalue weighted by atomic mass is 9.95. The quantitative estimate of drug-likeness (QED) is 0.916. The van der Waals surface area contributed by atoms with Crippen molar-refractivity contribution in [3.63, 3.8) is 0 Å². The van der Waals surface area contributed by atoms with E-state index in [2.05, 4.69) is 11.4 Å². The highest BCUT2D eigenvalue weighted by atomic mass is 16.5. The van der Waals surface area contributed by atoms with Gasteiger partial charge in [-0.2, -0.15) is 0 Å². The van der Waals surface area contributed by atoms with E-state index in [0.717, 1.165) is 22.8 Å². The highest BCUT2D eigenvalue weighted by Crippen LogP contribution is 2.44. The van der Waals surface area contributed by atoms with Crippen LogP contribution in [-0.4, -0.2) is 18.6 Å². The third kappa shape index (κ3) is 2.97. The van der Waals surface area contributed by atoms with Crippen LogP contribution in [0.1, 0.15) is 36.8 Å². The molecule has 108 valence electrons. The number of carbonyl (C=O) groups excluding carboxylic acids is 1. The standard InChI is InChI=1S/C17H23NO2/c1-11-5-12(2)7-15(6-11)20-10-17(19)18-16-9-13-3-4-14(16)8-13/h5-7,13-14,16H,3-4,8-10H2,1-2H3,(H,18,19)/t13-,14-,16-/m0/s1. The maximum atomic E-state index is 12.0. The topological polar surface area (TPSA) is 38.3 Å². The van der Waals surface area contributed by atoms with Crippen LogP contribution in [0.3, 0.4) is 0 Å². The van der Waals surface area contributed by atoms with E-state index in [1.807, 2.05) is 26.0 Å². The smallest absolute Gasteiger partial charge is 0.258 e. The molecule has 0 radical (unpaired) electrons. The van der Waals surface area contributed by atoms with E-state index in [0.29, 0.717) is 12.0 Å². The summed E-state index contributed by atoms with van der Waals surface area (Å²) in [4.78, 5) is 12.0. The van der Waals surface area contributed by atoms with Gasteiger partial charge in [-0.05, 0) is 68.2 Å². The maximum Gasteiger partial charge on any atom is 0.258 e. The zero-order valence-electron chi connectivity index (χ0n) is 12.3. The average Bonchev–Trinajstić information content (AvgIpc) is 2.97. The molecule has 1 amide bonds. The first-order valence-corrected chi connectivity index (χ1v) is 7.60. The number of benzene rings is 1. The normalized spacial score (nSPS) is 27.6. The second kappa shape index (κ2) is 5.47. The summed E-state index contributed by atoms with van der Waals surface area (Å²) in [6, 6.07) is 6.43. The molecule has 3 rings (SSSR count). The number of fused-ring (bicyclic) bond motifs is 2. The molecule has 2 saturated carbocycles. The predicted octanol–water partition coefficient (Wildman–Crippen LogP) is 2.99. The molecular weight excluding hydrogens is 250 g/mol. The molecule has 3 heteroatoms. The highest BCUT2D eigenvalue weighted by Gasteiger charge is 2.40. The van der Waals surface area contributed by atoms with Gasteiger partial charge in [0.05, 0.1) is 0 Å². The van der Waals surface area contributed by atoms with Crippen molar-refractivity contribution in [2.75, 3.05) is 6.61 Å². The molecule has 1 aromatic carbocycles. The molecule has 3 nitrogen and oxygen atoms in total. The predicted molar refractivity (Wildman–Crippen MR) is 78.8 cm³/mol. The summed E-state index contributed by atoms with van der Waals surface area (Å²) in [6.07, 6.45) is 5.12. The molecule has 2 aliphatic carbocycles. The molecule has 20 heavy (non-hydrogen) atoms. The van der Waals surface area contributed by atoms with Crippen molar-refractivity contribution in [3.05, 3.63) is 29.3 Å². The minimum atomic E-state index is 0.0155. The third-order valence-electron chi connectivity index (χ3n) is 4.65. The Morgan fingerprint density at radius 2 is 1.95 bits per heavy atom. The zero-order valence-corrected chi connectivity index (χ0v) is 12.3. The van der Waals surface area contributed by atoms with E-state index in [9.17, 15) is 4.79 Å². The van der Waals surface area contributed by atoms with Crippen molar-refractivity contribution in [2.45, 2.75) is 45.6 Å². The Kier molecular flexibility index (Phi) is 3.68. The van der Waals surface area contributed by atoms with E-state index >= 15 is 0 Å². The molecule has 0 heterocycles. The Morgan fingerprint density at radius 3 is 2.55 bits per heavy atom. The van der Waals surface area contributed by atoms with Crippen molar-refractivity contribution in [1.82, 2.24) is 5.32 Å². The SMILES string of the molecule is Cc1cc(C)cc(OCC(=O)N[C@H]2C[C@H]3CC[C@H]2C3)c1. The van der Waals surface area contributed by atoms with Gasteiger partial charge in [0.1, 0.15) is 5.75 Å². The summed E-state index contributed by atoms with van der Waals surface area (Å²) in [5.41, 5.74) is 2.32. The Balaban J connectivity index is 1.49. The van der Waals surface area contributed by atoms with Crippen LogP contribution in [0.25, 0.3) is 0 Å². The van der Waals surface area contributed by atoms with Gasteiger partial charge in [0.2, 0.25) is 0 Å². The van der Waals surface area contributed by atoms with E-state index in [-0.39, 0.29) is 12.5 Å². The summed E-state index contributed by atoms with van der Waals surface area (Å²) in [7, 11) is 0. The van der Waals surface area contributed by atoms with Gasteiger partial charge in [0.15, 0.2) is 6.61 Å². The first-order valence-electron chi connectivity index (χ1n) is 7.60. The van der Waals surface area contributed by atoms with Gasteiger partial charge in [-0.15, -0.1) is 0 Å². The average molecular weight is 273 g/mol. The molecule has 2 bridgehead atoms. The van der Waals surface area contributed by atoms with E-state index in [1.54, 1.807) is 0 Å². The molecule has 0 aromatic heterocycles. The molecule has 0 spiro atoms. The number of rotatable bonds is 4. The number of ether oxygens (including phenoxy) is 1. The molecule has 0 unspecified atom stereocenters. The first-order chi connectivity index (χ1) is 9.60. The van der Waals surface area contributed by atoms with Gasteiger partial charge < -0.3 is 10.1 Å². The van der Waals surface area contributed by atoms with E-state index in [4.69, 9.17) is 4.74 Å². The molecule has 3 atom stereocenters. The fraction of sp³-hybridized carbons (Fsp3) is 0.588. The number of carbonyl (C=O) groups is 1. The lowest BCUT2D eigenvalue weighted by Gasteiger charge is -2.22. The summed E-state index contributed by atoms with van der Waals surface area (Å²) in [5.74, 6) is 2.36. The molecular formula is C17H23NO2. The Hall–Kier alpha value is -1.51. The maximum absolute atomic E-state index is 12.0. The van der Waals surface area contributed by atoms with Crippen LogP contribution in [0, 0.1) is 25.7 Å². The van der Waals surface area contributed by atoms with Gasteiger partial charge in [-0.1, -0.05) is 12.5 Å². The molecule has 1 aromatic rings. The highest BCUT2D eigenvalue weighted by molar-refractivity contribution is 5.78. The minimum Gasteiger partial charge on any atom is -0.484 e. The molecule has 2 fully saturated rings. The third-order valence-corrected chi connectivity index (χ3v) is 4.65. The van der Waals surface area contributed by atoms with Crippen LogP contribution in [0.2, 0.25) is 0 Å². The minimum absolute atomic E-state index is 0.0155. The number of hydrogen-bond acceptors (Lipinski definition) is 2. The number of nitrogens with one attached hydrogen (secondary N) is 1. The van der Waals surface area contributed by atoms with Gasteiger partial charge in [-0.3, -0.25) is 4.79 Å². The Labute approximate surface area is 120 Å². The van der Waals surface area contributed by atoms with Crippen molar-refractivity contribution >= 4 is 5.91 Å². The summed E-state index contributed by atoms with van der Waals surface area (Å²) in [5, 5.41) is 3.15. The molecule has 2 aliphatic rings. The van der Waals surface area contributed by atoms with E-state index < -0.39 is 0 Å². The van der Waals surface area contributed by atoms with Crippen LogP contribution in [0.5, 0.6) is 5.75 Å². The second-order valence-electron chi connectivity index (χ2n) is 6.46. The largest absolute Gasteiger partial charge is 0.484 e. The van der Waals surface area contributed by atoms with Gasteiger partial charge in [0, 0.05) is 6.04 Å². The van der Waals surface area contributed by atoms with Crippen molar-refractivity contribution < 1.29 is 9.53 Å². The first kappa shape index (κ1) is 13.5. The fourth-order valence-corrected chi connectivity index (χ4v) is 3.84. The van der Waals surface area contributed by atoms with Crippen LogP contribution < -0.4 is 10.1 Å². The van der Waals surface area contributed by atoms with Gasteiger partial charge in [-0.25, -0.2) is 0 Å². The monoisotopic (exact) mass is 273 g/mol. The fourth-order valence-electron chi connectivity index (χ4n) is 3.84. The van der Waals surface area contributed by atoms with Crippen LogP contribution in [-0.2, 0) is 4.79 Å². The number of aryl methyl sites for hydroxylation is 2. The number of amides is 1. The van der Waals surface area contributed by atoms with Gasteiger partial charge >= 0.3 is 0 Å². The summed E-state index contributed by atoms with van der Waals surface area (Å²) < 4.78 is 5.61. The van der Waals surface area contributed by atoms with Crippen molar-refractivity contribution in [2.24, 2.45) is 11.8 Å². The van der Waals surface area contributed by atoms with Crippen LogP contribution >= 0.6 is 0 Å². The van der Waals surface area contributed by atoms with Crippen molar-refractivity contribution in [3.8, 4) is 5.75 Å². The summed E-state index contributed by atoms with van der Waals surface area (Å²) >= 11 is 0. The number of hydrogen-bond donors (Lipinski definition) is 1. The molecule has 1 N–H and O–H groups in total. The zero-order chi connectivity index (χ0) is 14.1. The van der Waals surface area contributed by atoms with Gasteiger partial charge in [0.25, 0.3) is 5.91 Å². The van der Waals surface area contributed by atoms with Crippen molar-refractivity contribution in [1.29, 1.82) is 0 Å². The molecule has 0 saturated heterocycles. The summed E-state index contributed by atoms with van der Waals surface area (Å²) in [6.45, 7) is 4.20. The lowest BCUT2D eigenvalue weighted by molar-refractivity contribution is -0.124. The lowest BCUT2D eigenvalue weighted by Crippen LogP contribution is -2.40. The Morgan fingerprint density at radius 1 is 1.20 bits per heavy atom. The Bertz CT molecular complexity index is 491.